The molecule has 0 aliphatic heterocycles. The summed E-state index contributed by atoms with van der Waals surface area (Å²) in [5.41, 5.74) is 0. The second-order valence-electron chi connectivity index (χ2n) is 3.96. The summed E-state index contributed by atoms with van der Waals surface area (Å²) in [6.07, 6.45) is 2.85. The second kappa shape index (κ2) is 4.86. The van der Waals surface area contributed by atoms with Crippen LogP contribution in [0.25, 0.3) is 0 Å². The Hall–Kier alpha value is -2.05. The molecule has 0 aliphatic rings. The van der Waals surface area contributed by atoms with Crippen LogP contribution in [0, 0.1) is 0 Å². The Bertz CT molecular complexity index is 469. The van der Waals surface area contributed by atoms with Gasteiger partial charge in [0.25, 0.3) is 0 Å². The van der Waals surface area contributed by atoms with Crippen LogP contribution in [0.4, 0.5) is 5.95 Å². The van der Waals surface area contributed by atoms with Crippen molar-refractivity contribution in [3.63, 3.8) is 0 Å². The number of nitrogens with one attached hydrogen (secondary N) is 1. The minimum atomic E-state index is -0.141. The van der Waals surface area contributed by atoms with E-state index in [1.54, 1.807) is 0 Å². The topological polar surface area (TPSA) is 89.6 Å². The second-order valence-corrected chi connectivity index (χ2v) is 3.96. The van der Waals surface area contributed by atoms with Crippen LogP contribution in [0.2, 0.25) is 0 Å². The van der Waals surface area contributed by atoms with Crippen LogP contribution in [-0.4, -0.2) is 25.1 Å². The predicted molar refractivity (Wildman–Crippen MR) is 60.3 cm³/mol. The number of nitrogens with zero attached hydrogens (tertiary/aromatic N) is 5. The molecule has 0 saturated carbocycles. The Labute approximate surface area is 98.7 Å². The van der Waals surface area contributed by atoms with Crippen LogP contribution in [0.1, 0.15) is 44.5 Å². The molecule has 0 amide bonds. The summed E-state index contributed by atoms with van der Waals surface area (Å²) in [7, 11) is 0. The normalized spacial score (nSPS) is 12.7. The lowest BCUT2D eigenvalue weighted by molar-refractivity contribution is 0.419. The molecule has 2 aromatic rings. The highest BCUT2D eigenvalue weighted by Gasteiger charge is 2.16. The molecule has 1 atom stereocenters. The van der Waals surface area contributed by atoms with E-state index in [4.69, 9.17) is 4.42 Å². The van der Waals surface area contributed by atoms with Crippen molar-refractivity contribution in [3.8, 4) is 0 Å². The monoisotopic (exact) mass is 234 g/mol. The quantitative estimate of drug-likeness (QED) is 0.858. The molecule has 1 N–H and O–H groups in total. The number of aromatic nitrogens is 5. The fourth-order valence-electron chi connectivity index (χ4n) is 1.22. The molecule has 7 nitrogen and oxygen atoms in total. The Morgan fingerprint density at radius 2 is 1.71 bits per heavy atom. The van der Waals surface area contributed by atoms with Gasteiger partial charge in [-0.2, -0.15) is 0 Å². The highest BCUT2D eigenvalue weighted by atomic mass is 16.4. The predicted octanol–water partition coefficient (Wildman–Crippen LogP) is 1.55. The first-order chi connectivity index (χ1) is 8.16. The van der Waals surface area contributed by atoms with Crippen molar-refractivity contribution >= 4 is 5.95 Å². The maximum Gasteiger partial charge on any atom is 0.238 e. The summed E-state index contributed by atoms with van der Waals surface area (Å²) in [6, 6.07) is -0.141. The molecule has 2 aromatic heterocycles. The smallest absolute Gasteiger partial charge is 0.238 e. The van der Waals surface area contributed by atoms with E-state index in [1.807, 2.05) is 20.8 Å². The minimum absolute atomic E-state index is 0.141. The van der Waals surface area contributed by atoms with Gasteiger partial charge in [-0.15, -0.1) is 10.2 Å². The van der Waals surface area contributed by atoms with Crippen molar-refractivity contribution in [1.82, 2.24) is 25.1 Å². The molecule has 0 fully saturated rings. The molecule has 17 heavy (non-hydrogen) atoms. The van der Waals surface area contributed by atoms with Gasteiger partial charge in [0, 0.05) is 5.92 Å². The highest BCUT2D eigenvalue weighted by molar-refractivity contribution is 5.23. The van der Waals surface area contributed by atoms with E-state index >= 15 is 0 Å². The molecule has 7 heteroatoms. The SMILES string of the molecule is CC(C)c1nnc(C(C)Nc2ncncn2)o1. The Morgan fingerprint density at radius 3 is 2.29 bits per heavy atom. The highest BCUT2D eigenvalue weighted by Crippen LogP contribution is 2.18. The maximum atomic E-state index is 5.52. The van der Waals surface area contributed by atoms with Crippen molar-refractivity contribution in [2.75, 3.05) is 5.32 Å². The number of anilines is 1. The van der Waals surface area contributed by atoms with Gasteiger partial charge in [-0.05, 0) is 6.92 Å². The Morgan fingerprint density at radius 1 is 1.06 bits per heavy atom. The van der Waals surface area contributed by atoms with Crippen LogP contribution in [0.5, 0.6) is 0 Å². The zero-order valence-electron chi connectivity index (χ0n) is 9.95. The van der Waals surface area contributed by atoms with Gasteiger partial charge in [0.15, 0.2) is 0 Å². The first-order valence-corrected chi connectivity index (χ1v) is 5.38. The Kier molecular flexibility index (Phi) is 3.27. The molecule has 0 spiro atoms. The van der Waals surface area contributed by atoms with Crippen molar-refractivity contribution in [2.24, 2.45) is 0 Å². The lowest BCUT2D eigenvalue weighted by Gasteiger charge is -2.08. The van der Waals surface area contributed by atoms with E-state index in [-0.39, 0.29) is 12.0 Å². The van der Waals surface area contributed by atoms with Crippen molar-refractivity contribution in [2.45, 2.75) is 32.7 Å². The van der Waals surface area contributed by atoms with Crippen LogP contribution < -0.4 is 5.32 Å². The summed E-state index contributed by atoms with van der Waals surface area (Å²) < 4.78 is 5.52. The minimum Gasteiger partial charge on any atom is -0.423 e. The van der Waals surface area contributed by atoms with Gasteiger partial charge in [-0.3, -0.25) is 0 Å². The van der Waals surface area contributed by atoms with Crippen molar-refractivity contribution < 1.29 is 4.42 Å². The molecule has 0 aromatic carbocycles. The molecule has 0 saturated heterocycles. The molecule has 1 unspecified atom stereocenters. The third-order valence-electron chi connectivity index (χ3n) is 2.16. The van der Waals surface area contributed by atoms with E-state index in [0.717, 1.165) is 0 Å². The van der Waals surface area contributed by atoms with E-state index in [0.29, 0.717) is 17.7 Å². The number of rotatable bonds is 4. The van der Waals surface area contributed by atoms with Crippen molar-refractivity contribution in [1.29, 1.82) is 0 Å². The third-order valence-corrected chi connectivity index (χ3v) is 2.16. The number of hydrogen-bond acceptors (Lipinski definition) is 7. The van der Waals surface area contributed by atoms with Gasteiger partial charge >= 0.3 is 0 Å². The standard InChI is InChI=1S/C10H14N6O/c1-6(2)8-15-16-9(17-8)7(3)14-10-12-4-11-5-13-10/h4-7H,1-3H3,(H,11,12,13,14). The fraction of sp³-hybridized carbons (Fsp3) is 0.500. The molecule has 0 bridgehead atoms. The molecular formula is C10H14N6O. The van der Waals surface area contributed by atoms with E-state index < -0.39 is 0 Å². The summed E-state index contributed by atoms with van der Waals surface area (Å²) in [4.78, 5) is 11.7. The lowest BCUT2D eigenvalue weighted by Crippen LogP contribution is -2.09. The van der Waals surface area contributed by atoms with E-state index in [9.17, 15) is 0 Å². The summed E-state index contributed by atoms with van der Waals surface area (Å²) in [5.74, 6) is 1.86. The van der Waals surface area contributed by atoms with Crippen LogP contribution in [-0.2, 0) is 0 Å². The maximum absolute atomic E-state index is 5.52. The first-order valence-electron chi connectivity index (χ1n) is 5.38. The van der Waals surface area contributed by atoms with E-state index in [2.05, 4.69) is 30.5 Å². The lowest BCUT2D eigenvalue weighted by atomic mass is 10.2. The van der Waals surface area contributed by atoms with Gasteiger partial charge in [-0.1, -0.05) is 13.8 Å². The van der Waals surface area contributed by atoms with Gasteiger partial charge in [0.2, 0.25) is 17.7 Å². The molecule has 0 aliphatic carbocycles. The summed E-state index contributed by atoms with van der Waals surface area (Å²) in [5, 5.41) is 11.0. The zero-order valence-corrected chi connectivity index (χ0v) is 9.95. The Balaban J connectivity index is 2.07. The molecular weight excluding hydrogens is 220 g/mol. The molecule has 2 rings (SSSR count). The van der Waals surface area contributed by atoms with Gasteiger partial charge in [0.1, 0.15) is 18.7 Å². The van der Waals surface area contributed by atoms with Crippen LogP contribution in [0.3, 0.4) is 0 Å². The molecule has 0 radical (unpaired) electrons. The van der Waals surface area contributed by atoms with Gasteiger partial charge in [0.05, 0.1) is 0 Å². The molecule has 2 heterocycles. The van der Waals surface area contributed by atoms with Crippen LogP contribution >= 0.6 is 0 Å². The average molecular weight is 234 g/mol. The number of hydrogen-bond donors (Lipinski definition) is 1. The summed E-state index contributed by atoms with van der Waals surface area (Å²) >= 11 is 0. The average Bonchev–Trinajstić information content (AvgIpc) is 2.79. The van der Waals surface area contributed by atoms with E-state index in [1.165, 1.54) is 12.7 Å². The zero-order chi connectivity index (χ0) is 12.3. The van der Waals surface area contributed by atoms with Crippen LogP contribution in [0.15, 0.2) is 17.1 Å². The van der Waals surface area contributed by atoms with Gasteiger partial charge < -0.3 is 9.73 Å². The van der Waals surface area contributed by atoms with Gasteiger partial charge in [-0.25, -0.2) is 15.0 Å². The van der Waals surface area contributed by atoms with Crippen molar-refractivity contribution in [3.05, 3.63) is 24.4 Å². The fourth-order valence-corrected chi connectivity index (χ4v) is 1.22. The largest absolute Gasteiger partial charge is 0.423 e. The molecule has 90 valence electrons. The first kappa shape index (κ1) is 11.4. The third kappa shape index (κ3) is 2.74. The summed E-state index contributed by atoms with van der Waals surface area (Å²) in [6.45, 7) is 5.91.